The van der Waals surface area contributed by atoms with Crippen LogP contribution in [0.2, 0.25) is 0 Å². The van der Waals surface area contributed by atoms with Gasteiger partial charge in [-0.1, -0.05) is 44.2 Å². The molecule has 0 unspecified atom stereocenters. The highest BCUT2D eigenvalue weighted by molar-refractivity contribution is 5.88. The molecule has 0 spiro atoms. The maximum Gasteiger partial charge on any atom is 0.360 e. The largest absolute Gasteiger partial charge is 0.476 e. The smallest absolute Gasteiger partial charge is 0.360 e. The Morgan fingerprint density at radius 2 is 1.43 bits per heavy atom. The molecule has 0 amide bonds. The predicted molar refractivity (Wildman–Crippen MR) is 144 cm³/mol. The monoisotopic (exact) mass is 503 g/mol. The summed E-state index contributed by atoms with van der Waals surface area (Å²) < 4.78 is 1.80. The second-order valence-electron chi connectivity index (χ2n) is 13.1. The van der Waals surface area contributed by atoms with E-state index in [1.165, 1.54) is 77.0 Å². The molecule has 5 aliphatic rings. The zero-order valence-corrected chi connectivity index (χ0v) is 21.9. The summed E-state index contributed by atoms with van der Waals surface area (Å²) in [7, 11) is 0. The van der Waals surface area contributed by atoms with Gasteiger partial charge in [0, 0.05) is 24.2 Å². The first-order valence-corrected chi connectivity index (χ1v) is 15.1. The number of aromatic carboxylic acids is 1. The fourth-order valence-corrected chi connectivity index (χ4v) is 9.78. The molecular formula is C31H41N3O3. The molecule has 3 saturated carbocycles. The summed E-state index contributed by atoms with van der Waals surface area (Å²) in [6.07, 6.45) is 18.6. The van der Waals surface area contributed by atoms with Crippen molar-refractivity contribution in [3.05, 3.63) is 40.3 Å². The van der Waals surface area contributed by atoms with Crippen molar-refractivity contribution in [1.82, 2.24) is 14.5 Å². The van der Waals surface area contributed by atoms with Gasteiger partial charge in [-0.15, -0.1) is 0 Å². The maximum atomic E-state index is 13.4. The van der Waals surface area contributed by atoms with Crippen LogP contribution >= 0.6 is 0 Å². The van der Waals surface area contributed by atoms with Crippen molar-refractivity contribution in [3.63, 3.8) is 0 Å². The summed E-state index contributed by atoms with van der Waals surface area (Å²) in [4.78, 5) is 32.4. The van der Waals surface area contributed by atoms with Gasteiger partial charge < -0.3 is 9.67 Å². The molecule has 5 fully saturated rings. The number of piperidine rings is 2. The van der Waals surface area contributed by atoms with Gasteiger partial charge in [-0.05, 0) is 93.6 Å². The maximum absolute atomic E-state index is 13.4. The van der Waals surface area contributed by atoms with E-state index in [-0.39, 0.29) is 11.7 Å². The number of benzene rings is 1. The van der Waals surface area contributed by atoms with E-state index in [1.54, 1.807) is 4.57 Å². The number of rotatable bonds is 4. The van der Waals surface area contributed by atoms with Crippen LogP contribution in [0, 0.1) is 23.7 Å². The van der Waals surface area contributed by atoms with Gasteiger partial charge in [-0.25, -0.2) is 9.78 Å². The highest BCUT2D eigenvalue weighted by atomic mass is 16.4. The van der Waals surface area contributed by atoms with E-state index in [0.29, 0.717) is 23.6 Å². The van der Waals surface area contributed by atoms with Gasteiger partial charge in [-0.3, -0.25) is 9.69 Å². The Bertz CT molecular complexity index is 1210. The first kappa shape index (κ1) is 23.9. The third kappa shape index (κ3) is 4.24. The Kier molecular flexibility index (Phi) is 6.14. The third-order valence-electron chi connectivity index (χ3n) is 11.0. The number of carboxylic acids is 1. The molecule has 7 atom stereocenters. The van der Waals surface area contributed by atoms with Crippen molar-refractivity contribution in [1.29, 1.82) is 0 Å². The minimum Gasteiger partial charge on any atom is -0.476 e. The van der Waals surface area contributed by atoms with Crippen LogP contribution in [-0.2, 0) is 0 Å². The molecule has 37 heavy (non-hydrogen) atoms. The lowest BCUT2D eigenvalue weighted by molar-refractivity contribution is -0.0560. The van der Waals surface area contributed by atoms with Gasteiger partial charge in [0.1, 0.15) is 0 Å². The van der Waals surface area contributed by atoms with Crippen molar-refractivity contribution >= 4 is 17.0 Å². The second kappa shape index (κ2) is 9.52. The predicted octanol–water partition coefficient (Wildman–Crippen LogP) is 6.04. The number of hydrogen-bond donors (Lipinski definition) is 1. The topological polar surface area (TPSA) is 75.4 Å². The van der Waals surface area contributed by atoms with Gasteiger partial charge in [0.05, 0.1) is 11.0 Å². The van der Waals surface area contributed by atoms with Crippen LogP contribution in [0.15, 0.2) is 29.1 Å². The number of para-hydroxylation sites is 2. The summed E-state index contributed by atoms with van der Waals surface area (Å²) in [5, 5.41) is 9.70. The molecule has 6 heteroatoms. The molecule has 0 radical (unpaired) electrons. The fraction of sp³-hybridized carbons (Fsp3) is 0.710. The number of carbonyl (C=O) groups is 1. The Labute approximate surface area is 219 Å². The Balaban J connectivity index is 1.14. The number of hydrogen-bond acceptors (Lipinski definition) is 4. The molecule has 3 aliphatic carbocycles. The molecule has 2 aliphatic heterocycles. The summed E-state index contributed by atoms with van der Waals surface area (Å²) >= 11 is 0. The van der Waals surface area contributed by atoms with Gasteiger partial charge in [0.2, 0.25) is 5.69 Å². The molecule has 1 aromatic carbocycles. The van der Waals surface area contributed by atoms with Crippen LogP contribution in [0.5, 0.6) is 0 Å². The average molecular weight is 504 g/mol. The van der Waals surface area contributed by atoms with Crippen LogP contribution in [0.4, 0.5) is 0 Å². The van der Waals surface area contributed by atoms with Crippen molar-refractivity contribution in [2.75, 3.05) is 0 Å². The highest BCUT2D eigenvalue weighted by Crippen LogP contribution is 2.51. The molecule has 1 N–H and O–H groups in total. The standard InChI is InChI=1S/C31H41N3O3/c35-30-29(31(36)37)32-27-10-3-4-11-28(27)34(30)26-17-23-8-5-9-24(18-26)33(23)25-15-19-12-20(16-25)14-22(13-19)21-6-1-2-7-21/h3-4,10-11,19-26H,1-2,5-9,12-18H2,(H,36,37)/t19-,20+,22+,23-,24+,25-,26+. The molecule has 2 saturated heterocycles. The van der Waals surface area contributed by atoms with Gasteiger partial charge in [-0.2, -0.15) is 0 Å². The highest BCUT2D eigenvalue weighted by Gasteiger charge is 2.47. The van der Waals surface area contributed by atoms with Crippen molar-refractivity contribution < 1.29 is 9.90 Å². The first-order chi connectivity index (χ1) is 18.0. The molecular weight excluding hydrogens is 462 g/mol. The average Bonchev–Trinajstić information content (AvgIpc) is 3.42. The van der Waals surface area contributed by atoms with Gasteiger partial charge in [0.15, 0.2) is 0 Å². The van der Waals surface area contributed by atoms with Crippen LogP contribution in [-0.4, -0.2) is 43.7 Å². The zero-order chi connectivity index (χ0) is 25.1. The summed E-state index contributed by atoms with van der Waals surface area (Å²) in [6, 6.07) is 9.29. The Hall–Kier alpha value is -2.21. The minimum absolute atomic E-state index is 0.0416. The van der Waals surface area contributed by atoms with Crippen LogP contribution in [0.25, 0.3) is 11.0 Å². The van der Waals surface area contributed by atoms with Crippen molar-refractivity contribution in [2.45, 2.75) is 114 Å². The van der Waals surface area contributed by atoms with E-state index in [2.05, 4.69) is 9.88 Å². The number of carboxylic acid groups (broad SMARTS) is 1. The number of aromatic nitrogens is 2. The Morgan fingerprint density at radius 1 is 0.757 bits per heavy atom. The molecule has 4 bridgehead atoms. The van der Waals surface area contributed by atoms with Crippen LogP contribution in [0.1, 0.15) is 106 Å². The van der Waals surface area contributed by atoms with E-state index < -0.39 is 11.5 Å². The van der Waals surface area contributed by atoms with Crippen LogP contribution in [0.3, 0.4) is 0 Å². The van der Waals surface area contributed by atoms with E-state index in [9.17, 15) is 14.7 Å². The molecule has 2 aromatic rings. The van der Waals surface area contributed by atoms with Crippen molar-refractivity contribution in [2.24, 2.45) is 23.7 Å². The van der Waals surface area contributed by atoms with E-state index in [1.807, 2.05) is 24.3 Å². The third-order valence-corrected chi connectivity index (χ3v) is 11.0. The molecule has 6 nitrogen and oxygen atoms in total. The second-order valence-corrected chi connectivity index (χ2v) is 13.1. The molecule has 3 heterocycles. The summed E-state index contributed by atoms with van der Waals surface area (Å²) in [6.45, 7) is 0. The molecule has 7 rings (SSSR count). The zero-order valence-electron chi connectivity index (χ0n) is 21.9. The van der Waals surface area contributed by atoms with Crippen LogP contribution < -0.4 is 5.56 Å². The summed E-state index contributed by atoms with van der Waals surface area (Å²) in [5.41, 5.74) is 0.597. The first-order valence-electron chi connectivity index (χ1n) is 15.1. The SMILES string of the molecule is O=C(O)c1nc2ccccc2n([C@H]2C[C@H]3CCC[C@@H](C2)N3[C@@H]2C[C@@H]3C[C@@H](C[C@@H](C4CCCC4)C3)C2)c1=O. The fourth-order valence-electron chi connectivity index (χ4n) is 9.78. The Morgan fingerprint density at radius 3 is 2.11 bits per heavy atom. The quantitative estimate of drug-likeness (QED) is 0.551. The molecule has 198 valence electrons. The minimum atomic E-state index is -1.23. The number of nitrogens with zero attached hydrogens (tertiary/aromatic N) is 3. The lowest BCUT2D eigenvalue weighted by Crippen LogP contribution is -2.59. The van der Waals surface area contributed by atoms with Crippen molar-refractivity contribution in [3.8, 4) is 0 Å². The normalized spacial score (nSPS) is 36.6. The van der Waals surface area contributed by atoms with E-state index in [0.717, 1.165) is 42.0 Å². The van der Waals surface area contributed by atoms with Gasteiger partial charge in [0.25, 0.3) is 5.56 Å². The number of fused-ring (bicyclic) bond motifs is 5. The van der Waals surface area contributed by atoms with Gasteiger partial charge >= 0.3 is 5.97 Å². The summed E-state index contributed by atoms with van der Waals surface area (Å²) in [5.74, 6) is 2.60. The molecule has 1 aromatic heterocycles. The van der Waals surface area contributed by atoms with E-state index in [4.69, 9.17) is 0 Å². The lowest BCUT2D eigenvalue weighted by atomic mass is 9.62. The van der Waals surface area contributed by atoms with E-state index >= 15 is 0 Å². The lowest BCUT2D eigenvalue weighted by Gasteiger charge is -2.56.